The number of benzene rings is 2. The maximum absolute atomic E-state index is 12.4. The number of ether oxygens (including phenoxy) is 2. The van der Waals surface area contributed by atoms with E-state index in [2.05, 4.69) is 5.32 Å². The Morgan fingerprint density at radius 3 is 2.50 bits per heavy atom. The lowest BCUT2D eigenvalue weighted by molar-refractivity contribution is -0.117. The molecule has 2 aromatic rings. The van der Waals surface area contributed by atoms with Crippen molar-refractivity contribution in [2.24, 2.45) is 0 Å². The van der Waals surface area contributed by atoms with E-state index in [0.29, 0.717) is 22.1 Å². The van der Waals surface area contributed by atoms with E-state index in [0.717, 1.165) is 5.56 Å². The number of rotatable bonds is 6. The number of hydrogen-bond donors (Lipinski definition) is 1. The minimum atomic E-state index is -0.463. The number of carbonyl (C=O) groups excluding carboxylic acids is 1. The molecule has 1 amide bonds. The maximum Gasteiger partial charge on any atom is 0.262 e. The molecule has 2 aromatic carbocycles. The van der Waals surface area contributed by atoms with Crippen LogP contribution in [0.1, 0.15) is 24.1 Å². The van der Waals surface area contributed by atoms with E-state index in [1.165, 1.54) is 20.3 Å². The first kappa shape index (κ1) is 19.4. The number of nitrogens with one attached hydrogen (secondary N) is 1. The molecule has 0 fully saturated rings. The van der Waals surface area contributed by atoms with E-state index in [9.17, 15) is 10.1 Å². The zero-order valence-corrected chi connectivity index (χ0v) is 15.5. The molecular formula is C20H19ClN2O3. The summed E-state index contributed by atoms with van der Waals surface area (Å²) in [5.74, 6) is 0.350. The summed E-state index contributed by atoms with van der Waals surface area (Å²) in [6.07, 6.45) is 1.46. The normalized spacial score (nSPS) is 12.0. The SMILES string of the molecule is COc1cc(/C=C(\C#N)C(=O)N[C@@H](C)c2ccccc2)cc(Cl)c1OC. The second-order valence-electron chi connectivity index (χ2n) is 5.51. The third-order valence-corrected chi connectivity index (χ3v) is 4.06. The minimum absolute atomic E-state index is 0.0314. The lowest BCUT2D eigenvalue weighted by atomic mass is 10.1. The van der Waals surface area contributed by atoms with E-state index in [1.807, 2.05) is 43.3 Å². The average Bonchev–Trinajstić information content (AvgIpc) is 2.66. The van der Waals surface area contributed by atoms with Crippen molar-refractivity contribution in [1.29, 1.82) is 5.26 Å². The second-order valence-corrected chi connectivity index (χ2v) is 5.92. The van der Waals surface area contributed by atoms with Crippen molar-refractivity contribution in [3.63, 3.8) is 0 Å². The Hall–Kier alpha value is -2.97. The molecule has 5 nitrogen and oxygen atoms in total. The van der Waals surface area contributed by atoms with Gasteiger partial charge in [-0.3, -0.25) is 4.79 Å². The van der Waals surface area contributed by atoms with Gasteiger partial charge in [-0.25, -0.2) is 0 Å². The Kier molecular flexibility index (Phi) is 6.65. The van der Waals surface area contributed by atoms with Gasteiger partial charge in [0.2, 0.25) is 0 Å². The largest absolute Gasteiger partial charge is 0.493 e. The van der Waals surface area contributed by atoms with Gasteiger partial charge < -0.3 is 14.8 Å². The van der Waals surface area contributed by atoms with Crippen LogP contribution in [-0.2, 0) is 4.79 Å². The van der Waals surface area contributed by atoms with Crippen LogP contribution in [-0.4, -0.2) is 20.1 Å². The third kappa shape index (κ3) is 4.56. The summed E-state index contributed by atoms with van der Waals surface area (Å²) in [5.41, 5.74) is 1.48. The molecule has 0 bridgehead atoms. The van der Waals surface area contributed by atoms with Crippen molar-refractivity contribution in [2.45, 2.75) is 13.0 Å². The predicted molar refractivity (Wildman–Crippen MR) is 101 cm³/mol. The Morgan fingerprint density at radius 1 is 1.23 bits per heavy atom. The highest BCUT2D eigenvalue weighted by molar-refractivity contribution is 6.32. The van der Waals surface area contributed by atoms with E-state index < -0.39 is 5.91 Å². The first-order chi connectivity index (χ1) is 12.5. The smallest absolute Gasteiger partial charge is 0.262 e. The zero-order valence-electron chi connectivity index (χ0n) is 14.7. The quantitative estimate of drug-likeness (QED) is 0.612. The van der Waals surface area contributed by atoms with E-state index >= 15 is 0 Å². The maximum atomic E-state index is 12.4. The van der Waals surface area contributed by atoms with Crippen molar-refractivity contribution in [1.82, 2.24) is 5.32 Å². The monoisotopic (exact) mass is 370 g/mol. The molecule has 0 radical (unpaired) electrons. The summed E-state index contributed by atoms with van der Waals surface area (Å²) in [5, 5.41) is 12.5. The molecule has 134 valence electrons. The molecule has 0 aliphatic rings. The Labute approximate surface area is 157 Å². The molecule has 0 aliphatic heterocycles. The van der Waals surface area contributed by atoms with Crippen LogP contribution >= 0.6 is 11.6 Å². The lowest BCUT2D eigenvalue weighted by Crippen LogP contribution is -2.27. The van der Waals surface area contributed by atoms with Gasteiger partial charge in [-0.1, -0.05) is 41.9 Å². The van der Waals surface area contributed by atoms with Crippen LogP contribution in [0.5, 0.6) is 11.5 Å². The molecule has 0 heterocycles. The number of methoxy groups -OCH3 is 2. The van der Waals surface area contributed by atoms with Gasteiger partial charge in [-0.2, -0.15) is 5.26 Å². The van der Waals surface area contributed by atoms with Crippen LogP contribution in [0.4, 0.5) is 0 Å². The summed E-state index contributed by atoms with van der Waals surface area (Å²) >= 11 is 6.17. The molecule has 0 spiro atoms. The minimum Gasteiger partial charge on any atom is -0.493 e. The van der Waals surface area contributed by atoms with Gasteiger partial charge in [0, 0.05) is 0 Å². The van der Waals surface area contributed by atoms with Crippen LogP contribution in [0.25, 0.3) is 6.08 Å². The molecule has 1 atom stereocenters. The Balaban J connectivity index is 2.26. The topological polar surface area (TPSA) is 71.3 Å². The number of nitriles is 1. The molecular weight excluding hydrogens is 352 g/mol. The molecule has 0 unspecified atom stereocenters. The number of amides is 1. The van der Waals surface area contributed by atoms with Crippen LogP contribution in [0.2, 0.25) is 5.02 Å². The van der Waals surface area contributed by atoms with Crippen molar-refractivity contribution >= 4 is 23.6 Å². The second kappa shape index (κ2) is 8.93. The van der Waals surface area contributed by atoms with Gasteiger partial charge in [-0.15, -0.1) is 0 Å². The van der Waals surface area contributed by atoms with Crippen LogP contribution in [0.15, 0.2) is 48.0 Å². The summed E-state index contributed by atoms with van der Waals surface area (Å²) in [6.45, 7) is 1.86. The summed E-state index contributed by atoms with van der Waals surface area (Å²) in [7, 11) is 2.97. The zero-order chi connectivity index (χ0) is 19.1. The standard InChI is InChI=1S/C20H19ClN2O3/c1-13(15-7-5-4-6-8-15)23-20(24)16(12-22)9-14-10-17(21)19(26-3)18(11-14)25-2/h4-11,13H,1-3H3,(H,23,24)/b16-9+/t13-/m0/s1. The van der Waals surface area contributed by atoms with Crippen LogP contribution < -0.4 is 14.8 Å². The van der Waals surface area contributed by atoms with Gasteiger partial charge in [0.25, 0.3) is 5.91 Å². The molecule has 2 rings (SSSR count). The van der Waals surface area contributed by atoms with Gasteiger partial charge >= 0.3 is 0 Å². The predicted octanol–water partition coefficient (Wildman–Crippen LogP) is 4.14. The van der Waals surface area contributed by atoms with E-state index in [-0.39, 0.29) is 11.6 Å². The molecule has 1 N–H and O–H groups in total. The summed E-state index contributed by atoms with van der Waals surface area (Å²) in [6, 6.07) is 14.5. The highest BCUT2D eigenvalue weighted by Gasteiger charge is 2.15. The Morgan fingerprint density at radius 2 is 1.92 bits per heavy atom. The molecule has 6 heteroatoms. The summed E-state index contributed by atoms with van der Waals surface area (Å²) in [4.78, 5) is 12.4. The number of halogens is 1. The van der Waals surface area contributed by atoms with Crippen LogP contribution in [0.3, 0.4) is 0 Å². The van der Waals surface area contributed by atoms with Crippen molar-refractivity contribution in [3.05, 3.63) is 64.2 Å². The highest BCUT2D eigenvalue weighted by atomic mass is 35.5. The molecule has 0 aliphatic carbocycles. The fraction of sp³-hybridized carbons (Fsp3) is 0.200. The molecule has 0 aromatic heterocycles. The summed E-state index contributed by atoms with van der Waals surface area (Å²) < 4.78 is 10.4. The van der Waals surface area contributed by atoms with Crippen molar-refractivity contribution < 1.29 is 14.3 Å². The van der Waals surface area contributed by atoms with Crippen LogP contribution in [0, 0.1) is 11.3 Å². The fourth-order valence-corrected chi connectivity index (χ4v) is 2.73. The first-order valence-corrected chi connectivity index (χ1v) is 8.27. The number of carbonyl (C=O) groups is 1. The third-order valence-electron chi connectivity index (χ3n) is 3.78. The first-order valence-electron chi connectivity index (χ1n) is 7.89. The molecule has 0 saturated carbocycles. The van der Waals surface area contributed by atoms with Crippen molar-refractivity contribution in [2.75, 3.05) is 14.2 Å². The number of nitrogens with zero attached hydrogens (tertiary/aromatic N) is 1. The van der Waals surface area contributed by atoms with Gasteiger partial charge in [0.05, 0.1) is 25.3 Å². The van der Waals surface area contributed by atoms with Gasteiger partial charge in [0.1, 0.15) is 11.6 Å². The highest BCUT2D eigenvalue weighted by Crippen LogP contribution is 2.36. The Bertz CT molecular complexity index is 857. The fourth-order valence-electron chi connectivity index (χ4n) is 2.44. The molecule has 26 heavy (non-hydrogen) atoms. The molecule has 0 saturated heterocycles. The lowest BCUT2D eigenvalue weighted by Gasteiger charge is -2.14. The van der Waals surface area contributed by atoms with Crippen molar-refractivity contribution in [3.8, 4) is 17.6 Å². The van der Waals surface area contributed by atoms with Gasteiger partial charge in [-0.05, 0) is 36.3 Å². The number of hydrogen-bond acceptors (Lipinski definition) is 4. The van der Waals surface area contributed by atoms with E-state index in [1.54, 1.807) is 12.1 Å². The van der Waals surface area contributed by atoms with Gasteiger partial charge in [0.15, 0.2) is 11.5 Å². The average molecular weight is 371 g/mol. The van der Waals surface area contributed by atoms with E-state index in [4.69, 9.17) is 21.1 Å².